The van der Waals surface area contributed by atoms with E-state index in [1.807, 2.05) is 6.07 Å². The first-order valence-electron chi connectivity index (χ1n) is 6.98. The molecule has 0 aliphatic heterocycles. The van der Waals surface area contributed by atoms with Crippen LogP contribution in [0.1, 0.15) is 55.7 Å². The van der Waals surface area contributed by atoms with Gasteiger partial charge in [0, 0.05) is 6.20 Å². The second-order valence-electron chi connectivity index (χ2n) is 5.72. The Morgan fingerprint density at radius 3 is 2.89 bits per heavy atom. The van der Waals surface area contributed by atoms with Gasteiger partial charge in [-0.25, -0.2) is 0 Å². The lowest BCUT2D eigenvalue weighted by Crippen LogP contribution is -2.51. The van der Waals surface area contributed by atoms with E-state index in [0.29, 0.717) is 0 Å². The number of carbonyl (C=O) groups is 1. The van der Waals surface area contributed by atoms with Crippen LogP contribution in [-0.2, 0) is 11.2 Å². The van der Waals surface area contributed by atoms with Crippen LogP contribution in [0.25, 0.3) is 0 Å². The lowest BCUT2D eigenvalue weighted by molar-refractivity contribution is -0.126. The quantitative estimate of drug-likeness (QED) is 0.868. The molecule has 1 atom stereocenters. The SMILES string of the molecule is NC1(C(=O)C2CCc3cccnc32)CCCCC1. The van der Waals surface area contributed by atoms with Crippen molar-refractivity contribution in [2.75, 3.05) is 0 Å². The maximum atomic E-state index is 12.7. The molecule has 3 heteroatoms. The molecule has 0 spiro atoms. The first kappa shape index (κ1) is 11.8. The predicted molar refractivity (Wildman–Crippen MR) is 70.3 cm³/mol. The average Bonchev–Trinajstić information content (AvgIpc) is 2.82. The highest BCUT2D eigenvalue weighted by Gasteiger charge is 2.42. The number of pyridine rings is 1. The molecule has 3 rings (SSSR count). The minimum atomic E-state index is -0.581. The van der Waals surface area contributed by atoms with E-state index in [4.69, 9.17) is 5.73 Å². The maximum Gasteiger partial charge on any atom is 0.161 e. The van der Waals surface area contributed by atoms with Gasteiger partial charge in [0.1, 0.15) is 0 Å². The number of carbonyl (C=O) groups excluding carboxylic acids is 1. The van der Waals surface area contributed by atoms with E-state index < -0.39 is 5.54 Å². The second kappa shape index (κ2) is 4.47. The molecule has 18 heavy (non-hydrogen) atoms. The fourth-order valence-electron chi connectivity index (χ4n) is 3.44. The third kappa shape index (κ3) is 1.87. The van der Waals surface area contributed by atoms with Gasteiger partial charge in [-0.2, -0.15) is 0 Å². The summed E-state index contributed by atoms with van der Waals surface area (Å²) in [5.41, 5.74) is 8.00. The molecule has 3 nitrogen and oxygen atoms in total. The van der Waals surface area contributed by atoms with Crippen molar-refractivity contribution < 1.29 is 4.79 Å². The lowest BCUT2D eigenvalue weighted by Gasteiger charge is -2.33. The molecule has 1 aromatic heterocycles. The first-order chi connectivity index (χ1) is 8.71. The van der Waals surface area contributed by atoms with Crippen LogP contribution < -0.4 is 5.73 Å². The number of nitrogens with two attached hydrogens (primary N) is 1. The zero-order chi connectivity index (χ0) is 12.6. The predicted octanol–water partition coefficient (Wildman–Crippen LogP) is 2.34. The zero-order valence-electron chi connectivity index (χ0n) is 10.7. The Bertz CT molecular complexity index is 463. The third-order valence-corrected chi connectivity index (χ3v) is 4.51. The molecule has 1 unspecified atom stereocenters. The van der Waals surface area contributed by atoms with Crippen molar-refractivity contribution >= 4 is 5.78 Å². The number of fused-ring (bicyclic) bond motifs is 1. The van der Waals surface area contributed by atoms with Crippen LogP contribution in [0.2, 0.25) is 0 Å². The van der Waals surface area contributed by atoms with Crippen LogP contribution in [0, 0.1) is 0 Å². The maximum absolute atomic E-state index is 12.7. The number of aryl methyl sites for hydroxylation is 1. The highest BCUT2D eigenvalue weighted by atomic mass is 16.1. The molecule has 0 saturated heterocycles. The molecule has 96 valence electrons. The van der Waals surface area contributed by atoms with Crippen molar-refractivity contribution in [1.29, 1.82) is 0 Å². The fourth-order valence-corrected chi connectivity index (χ4v) is 3.44. The van der Waals surface area contributed by atoms with E-state index in [1.54, 1.807) is 6.20 Å². The molecule has 0 radical (unpaired) electrons. The normalized spacial score (nSPS) is 25.7. The van der Waals surface area contributed by atoms with Crippen molar-refractivity contribution in [2.24, 2.45) is 5.73 Å². The summed E-state index contributed by atoms with van der Waals surface area (Å²) >= 11 is 0. The Kier molecular flexibility index (Phi) is 2.94. The summed E-state index contributed by atoms with van der Waals surface area (Å²) in [7, 11) is 0. The summed E-state index contributed by atoms with van der Waals surface area (Å²) in [5, 5.41) is 0. The molecule has 2 aliphatic rings. The van der Waals surface area contributed by atoms with Gasteiger partial charge in [-0.05, 0) is 37.3 Å². The number of Topliss-reactive ketones (excluding diaryl/α,β-unsaturated/α-hetero) is 1. The number of hydrogen-bond acceptors (Lipinski definition) is 3. The molecule has 0 aromatic carbocycles. The Balaban J connectivity index is 1.86. The van der Waals surface area contributed by atoms with Crippen molar-refractivity contribution in [2.45, 2.75) is 56.4 Å². The van der Waals surface area contributed by atoms with Gasteiger partial charge in [-0.1, -0.05) is 25.3 Å². The Labute approximate surface area is 108 Å². The highest BCUT2D eigenvalue weighted by molar-refractivity contribution is 5.94. The average molecular weight is 244 g/mol. The van der Waals surface area contributed by atoms with Gasteiger partial charge in [0.25, 0.3) is 0 Å². The summed E-state index contributed by atoms with van der Waals surface area (Å²) in [6, 6.07) is 4.03. The van der Waals surface area contributed by atoms with E-state index in [9.17, 15) is 4.79 Å². The number of hydrogen-bond donors (Lipinski definition) is 1. The number of nitrogens with zero attached hydrogens (tertiary/aromatic N) is 1. The van der Waals surface area contributed by atoms with Crippen LogP contribution in [0.5, 0.6) is 0 Å². The van der Waals surface area contributed by atoms with Crippen molar-refractivity contribution in [1.82, 2.24) is 4.98 Å². The summed E-state index contributed by atoms with van der Waals surface area (Å²) < 4.78 is 0. The second-order valence-corrected chi connectivity index (χ2v) is 5.72. The van der Waals surface area contributed by atoms with Crippen LogP contribution in [0.4, 0.5) is 0 Å². The zero-order valence-corrected chi connectivity index (χ0v) is 10.7. The summed E-state index contributed by atoms with van der Waals surface area (Å²) in [6.07, 6.45) is 8.74. The molecule has 1 fully saturated rings. The minimum Gasteiger partial charge on any atom is -0.319 e. The van der Waals surface area contributed by atoms with E-state index in [2.05, 4.69) is 11.1 Å². The number of aromatic nitrogens is 1. The Morgan fingerprint density at radius 1 is 1.33 bits per heavy atom. The largest absolute Gasteiger partial charge is 0.319 e. The monoisotopic (exact) mass is 244 g/mol. The standard InChI is InChI=1S/C15H20N2O/c16-15(8-2-1-3-9-15)14(18)12-7-6-11-5-4-10-17-13(11)12/h4-5,10,12H,1-3,6-9,16H2. The molecule has 2 N–H and O–H groups in total. The molecule has 1 saturated carbocycles. The summed E-state index contributed by atoms with van der Waals surface area (Å²) in [4.78, 5) is 17.1. The van der Waals surface area contributed by atoms with Gasteiger partial charge < -0.3 is 5.73 Å². The Morgan fingerprint density at radius 2 is 2.11 bits per heavy atom. The highest BCUT2D eigenvalue weighted by Crippen LogP contribution is 2.38. The molecule has 1 aromatic rings. The van der Waals surface area contributed by atoms with Crippen LogP contribution >= 0.6 is 0 Å². The smallest absolute Gasteiger partial charge is 0.161 e. The van der Waals surface area contributed by atoms with Gasteiger partial charge in [0.2, 0.25) is 0 Å². The summed E-state index contributed by atoms with van der Waals surface area (Å²) in [5.74, 6) is 0.184. The number of ketones is 1. The van der Waals surface area contributed by atoms with Gasteiger partial charge in [0.15, 0.2) is 5.78 Å². The molecule has 1 heterocycles. The molecular formula is C15H20N2O. The van der Waals surface area contributed by atoms with Gasteiger partial charge >= 0.3 is 0 Å². The third-order valence-electron chi connectivity index (χ3n) is 4.51. The molecule has 0 bridgehead atoms. The van der Waals surface area contributed by atoms with E-state index >= 15 is 0 Å². The molecular weight excluding hydrogens is 224 g/mol. The van der Waals surface area contributed by atoms with Crippen LogP contribution in [0.15, 0.2) is 18.3 Å². The first-order valence-corrected chi connectivity index (χ1v) is 6.98. The van der Waals surface area contributed by atoms with Gasteiger partial charge in [0.05, 0.1) is 17.2 Å². The summed E-state index contributed by atoms with van der Waals surface area (Å²) in [6.45, 7) is 0. The molecule has 2 aliphatic carbocycles. The Hall–Kier alpha value is -1.22. The minimum absolute atomic E-state index is 0.0516. The van der Waals surface area contributed by atoms with Crippen LogP contribution in [-0.4, -0.2) is 16.3 Å². The lowest BCUT2D eigenvalue weighted by atomic mass is 9.75. The topological polar surface area (TPSA) is 56.0 Å². The van der Waals surface area contributed by atoms with E-state index in [1.165, 1.54) is 12.0 Å². The van der Waals surface area contributed by atoms with Gasteiger partial charge in [-0.3, -0.25) is 9.78 Å². The van der Waals surface area contributed by atoms with Crippen LogP contribution in [0.3, 0.4) is 0 Å². The van der Waals surface area contributed by atoms with Gasteiger partial charge in [-0.15, -0.1) is 0 Å². The van der Waals surface area contributed by atoms with E-state index in [0.717, 1.165) is 44.2 Å². The molecule has 0 amide bonds. The number of rotatable bonds is 2. The van der Waals surface area contributed by atoms with Crippen molar-refractivity contribution in [3.63, 3.8) is 0 Å². The van der Waals surface area contributed by atoms with Crippen molar-refractivity contribution in [3.05, 3.63) is 29.6 Å². The van der Waals surface area contributed by atoms with Crippen molar-refractivity contribution in [3.8, 4) is 0 Å². The fraction of sp³-hybridized carbons (Fsp3) is 0.600. The van der Waals surface area contributed by atoms with E-state index in [-0.39, 0.29) is 11.7 Å².